The molecule has 0 fully saturated rings. The molecule has 0 aliphatic heterocycles. The van der Waals surface area contributed by atoms with Gasteiger partial charge in [0.2, 0.25) is 23.6 Å². The molecule has 0 bridgehead atoms. The van der Waals surface area contributed by atoms with Crippen LogP contribution in [0.15, 0.2) is 0 Å². The summed E-state index contributed by atoms with van der Waals surface area (Å²) in [6.07, 6.45) is -1.56. The summed E-state index contributed by atoms with van der Waals surface area (Å²) in [6, 6.07) is -5.80. The zero-order valence-corrected chi connectivity index (χ0v) is 16.6. The zero-order chi connectivity index (χ0) is 23.4. The van der Waals surface area contributed by atoms with E-state index in [4.69, 9.17) is 26.8 Å². The number of thiol groups is 1. The van der Waals surface area contributed by atoms with Crippen LogP contribution in [-0.2, 0) is 28.8 Å². The molecular formula is C15H25N5O9S. The lowest BCUT2D eigenvalue weighted by Gasteiger charge is -2.23. The van der Waals surface area contributed by atoms with E-state index in [9.17, 15) is 28.8 Å². The van der Waals surface area contributed by atoms with E-state index < -0.39 is 79.2 Å². The highest BCUT2D eigenvalue weighted by Crippen LogP contribution is 2.02. The molecule has 0 aliphatic rings. The second kappa shape index (κ2) is 13.3. The number of carbonyl (C=O) groups is 6. The number of rotatable bonds is 14. The van der Waals surface area contributed by atoms with E-state index in [1.807, 2.05) is 5.32 Å². The van der Waals surface area contributed by atoms with Crippen LogP contribution in [0.25, 0.3) is 0 Å². The Labute approximate surface area is 176 Å². The molecule has 0 aromatic rings. The number of aliphatic hydroxyl groups excluding tert-OH is 1. The zero-order valence-electron chi connectivity index (χ0n) is 15.7. The van der Waals surface area contributed by atoms with Crippen LogP contribution in [0, 0.1) is 0 Å². The normalized spacial score (nSPS) is 14.5. The van der Waals surface area contributed by atoms with Crippen LogP contribution >= 0.6 is 12.6 Å². The van der Waals surface area contributed by atoms with Crippen molar-refractivity contribution >= 4 is 48.2 Å². The SMILES string of the molecule is NC(=O)CC(NC(=O)C(CS)NC(=O)C(CCC(=O)O)NC(=O)C(N)CO)C(=O)O. The van der Waals surface area contributed by atoms with Crippen molar-refractivity contribution in [2.24, 2.45) is 11.5 Å². The second-order valence-corrected chi connectivity index (χ2v) is 6.46. The number of nitrogens with two attached hydrogens (primary N) is 2. The fourth-order valence-corrected chi connectivity index (χ4v) is 2.30. The van der Waals surface area contributed by atoms with Crippen molar-refractivity contribution in [2.75, 3.05) is 12.4 Å². The van der Waals surface area contributed by atoms with Gasteiger partial charge in [0.05, 0.1) is 13.0 Å². The molecule has 170 valence electrons. The first-order valence-electron chi connectivity index (χ1n) is 8.54. The fourth-order valence-electron chi connectivity index (χ4n) is 2.04. The Kier molecular flexibility index (Phi) is 12.0. The summed E-state index contributed by atoms with van der Waals surface area (Å²) < 4.78 is 0. The number of carboxylic acids is 2. The van der Waals surface area contributed by atoms with E-state index in [-0.39, 0.29) is 12.2 Å². The molecule has 0 rings (SSSR count). The summed E-state index contributed by atoms with van der Waals surface area (Å²) in [6.45, 7) is -0.725. The third-order valence-corrected chi connectivity index (χ3v) is 4.01. The van der Waals surface area contributed by atoms with Gasteiger partial charge >= 0.3 is 11.9 Å². The summed E-state index contributed by atoms with van der Waals surface area (Å²) in [5.74, 6) is -6.96. The average molecular weight is 451 g/mol. The maximum atomic E-state index is 12.4. The quantitative estimate of drug-likeness (QED) is 0.114. The lowest BCUT2D eigenvalue weighted by atomic mass is 10.1. The van der Waals surface area contributed by atoms with Crippen molar-refractivity contribution < 1.29 is 44.1 Å². The van der Waals surface area contributed by atoms with Crippen LogP contribution in [0.5, 0.6) is 0 Å². The summed E-state index contributed by atoms with van der Waals surface area (Å²) in [7, 11) is 0. The topological polar surface area (TPSA) is 251 Å². The number of primary amides is 1. The monoisotopic (exact) mass is 451 g/mol. The number of aliphatic hydroxyl groups is 1. The standard InChI is InChI=1S/C15H25N5O9S/c16-6(4-21)12(25)18-7(1-2-11(23)24)13(26)20-9(5-30)14(27)19-8(15(28)29)3-10(17)22/h6-9,21,30H,1-5,16H2,(H2,17,22)(H,18,25)(H,19,27)(H,20,26)(H,23,24)(H,28,29). The molecule has 0 saturated carbocycles. The van der Waals surface area contributed by atoms with Crippen LogP contribution in [-0.4, -0.2) is 87.4 Å². The number of carbonyl (C=O) groups excluding carboxylic acids is 4. The van der Waals surface area contributed by atoms with Crippen molar-refractivity contribution in [3.05, 3.63) is 0 Å². The van der Waals surface area contributed by atoms with Crippen LogP contribution in [0.3, 0.4) is 0 Å². The lowest BCUT2D eigenvalue weighted by Crippen LogP contribution is -2.58. The first-order valence-corrected chi connectivity index (χ1v) is 9.17. The third-order valence-electron chi connectivity index (χ3n) is 3.65. The van der Waals surface area contributed by atoms with E-state index in [2.05, 4.69) is 23.3 Å². The molecule has 0 aromatic heterocycles. The number of amides is 4. The van der Waals surface area contributed by atoms with Gasteiger partial charge in [0.25, 0.3) is 0 Å². The van der Waals surface area contributed by atoms with Gasteiger partial charge in [-0.3, -0.25) is 24.0 Å². The molecule has 30 heavy (non-hydrogen) atoms. The Morgan fingerprint density at radius 2 is 1.37 bits per heavy atom. The first kappa shape index (κ1) is 27.1. The van der Waals surface area contributed by atoms with Crippen LogP contribution < -0.4 is 27.4 Å². The maximum Gasteiger partial charge on any atom is 0.326 e. The Hall–Kier alpha value is -2.91. The molecule has 10 N–H and O–H groups in total. The minimum Gasteiger partial charge on any atom is -0.481 e. The van der Waals surface area contributed by atoms with E-state index in [1.54, 1.807) is 0 Å². The Morgan fingerprint density at radius 1 is 0.867 bits per heavy atom. The summed E-state index contributed by atoms with van der Waals surface area (Å²) in [5, 5.41) is 33.1. The van der Waals surface area contributed by atoms with Gasteiger partial charge in [-0.15, -0.1) is 0 Å². The number of nitrogens with one attached hydrogen (secondary N) is 3. The summed E-state index contributed by atoms with van der Waals surface area (Å²) >= 11 is 3.90. The van der Waals surface area contributed by atoms with Crippen LogP contribution in [0.2, 0.25) is 0 Å². The molecule has 0 saturated heterocycles. The molecule has 0 spiro atoms. The molecular weight excluding hydrogens is 426 g/mol. The largest absolute Gasteiger partial charge is 0.481 e. The minimum absolute atomic E-state index is 0.295. The first-order chi connectivity index (χ1) is 13.9. The molecule has 4 atom stereocenters. The minimum atomic E-state index is -1.64. The Balaban J connectivity index is 5.26. The third kappa shape index (κ3) is 10.0. The van der Waals surface area contributed by atoms with Crippen molar-refractivity contribution in [3.8, 4) is 0 Å². The molecule has 0 aromatic carbocycles. The molecule has 15 heteroatoms. The number of aliphatic carboxylic acids is 2. The van der Waals surface area contributed by atoms with Gasteiger partial charge in [0.15, 0.2) is 0 Å². The highest BCUT2D eigenvalue weighted by molar-refractivity contribution is 7.80. The predicted octanol–water partition coefficient (Wildman–Crippen LogP) is -4.48. The van der Waals surface area contributed by atoms with Gasteiger partial charge in [0, 0.05) is 12.2 Å². The highest BCUT2D eigenvalue weighted by atomic mass is 32.1. The van der Waals surface area contributed by atoms with Gasteiger partial charge < -0.3 is 42.7 Å². The Bertz CT molecular complexity index is 675. The van der Waals surface area contributed by atoms with Crippen LogP contribution in [0.1, 0.15) is 19.3 Å². The fraction of sp³-hybridized carbons (Fsp3) is 0.600. The van der Waals surface area contributed by atoms with Crippen molar-refractivity contribution in [2.45, 2.75) is 43.4 Å². The molecule has 4 amide bonds. The maximum absolute atomic E-state index is 12.4. The van der Waals surface area contributed by atoms with Gasteiger partial charge in [-0.05, 0) is 6.42 Å². The van der Waals surface area contributed by atoms with Crippen molar-refractivity contribution in [1.82, 2.24) is 16.0 Å². The van der Waals surface area contributed by atoms with E-state index in [1.165, 1.54) is 0 Å². The van der Waals surface area contributed by atoms with Crippen LogP contribution in [0.4, 0.5) is 0 Å². The van der Waals surface area contributed by atoms with Crippen molar-refractivity contribution in [1.29, 1.82) is 0 Å². The van der Waals surface area contributed by atoms with E-state index in [0.29, 0.717) is 0 Å². The van der Waals surface area contributed by atoms with Crippen molar-refractivity contribution in [3.63, 3.8) is 0 Å². The van der Waals surface area contributed by atoms with E-state index >= 15 is 0 Å². The Morgan fingerprint density at radius 3 is 1.80 bits per heavy atom. The molecule has 0 radical (unpaired) electrons. The number of hydrogen-bond acceptors (Lipinski definition) is 9. The second-order valence-electron chi connectivity index (χ2n) is 6.10. The van der Waals surface area contributed by atoms with E-state index in [0.717, 1.165) is 0 Å². The predicted molar refractivity (Wildman–Crippen MR) is 103 cm³/mol. The lowest BCUT2D eigenvalue weighted by molar-refractivity contribution is -0.143. The van der Waals surface area contributed by atoms with Gasteiger partial charge in [-0.2, -0.15) is 12.6 Å². The number of carboxylic acid groups (broad SMARTS) is 2. The highest BCUT2D eigenvalue weighted by Gasteiger charge is 2.30. The molecule has 14 nitrogen and oxygen atoms in total. The molecule has 0 heterocycles. The van der Waals surface area contributed by atoms with Gasteiger partial charge in [-0.1, -0.05) is 0 Å². The summed E-state index contributed by atoms with van der Waals surface area (Å²) in [4.78, 5) is 69.3. The summed E-state index contributed by atoms with van der Waals surface area (Å²) in [5.41, 5.74) is 10.3. The smallest absolute Gasteiger partial charge is 0.326 e. The van der Waals surface area contributed by atoms with Gasteiger partial charge in [-0.25, -0.2) is 4.79 Å². The average Bonchev–Trinajstić information content (AvgIpc) is 2.66. The number of hydrogen-bond donors (Lipinski definition) is 9. The van der Waals surface area contributed by atoms with Gasteiger partial charge in [0.1, 0.15) is 24.2 Å². The molecule has 0 aliphatic carbocycles. The molecule has 4 unspecified atom stereocenters.